The summed E-state index contributed by atoms with van der Waals surface area (Å²) in [7, 11) is 7.66. The fourth-order valence-corrected chi connectivity index (χ4v) is 7.06. The smallest absolute Gasteiger partial charge is 0.328 e. The highest BCUT2D eigenvalue weighted by molar-refractivity contribution is 6.35. The van der Waals surface area contributed by atoms with E-state index in [1.807, 2.05) is 19.9 Å². The number of hydrogen-bond acceptors (Lipinski definition) is 11. The van der Waals surface area contributed by atoms with Crippen LogP contribution in [0.15, 0.2) is 35.9 Å². The minimum atomic E-state index is -1.57. The number of nitrogens with one attached hydrogen (secondary N) is 1. The molecule has 50 heavy (non-hydrogen) atoms. The molecule has 3 aliphatic heterocycles. The predicted molar refractivity (Wildman–Crippen MR) is 186 cm³/mol. The Hall–Kier alpha value is -3.49. The van der Waals surface area contributed by atoms with Gasteiger partial charge in [0.05, 0.1) is 38.3 Å². The molecule has 2 fully saturated rings. The van der Waals surface area contributed by atoms with E-state index in [4.69, 9.17) is 35.3 Å². The largest absolute Gasteiger partial charge is 0.495 e. The van der Waals surface area contributed by atoms with Crippen LogP contribution in [0.4, 0.5) is 5.69 Å². The Labute approximate surface area is 298 Å². The molecule has 2 saturated heterocycles. The second-order valence-corrected chi connectivity index (χ2v) is 14.1. The lowest BCUT2D eigenvalue weighted by Gasteiger charge is -2.41. The molecule has 276 valence electrons. The fourth-order valence-electron chi connectivity index (χ4n) is 6.75. The van der Waals surface area contributed by atoms with Crippen molar-refractivity contribution in [1.29, 1.82) is 0 Å². The number of likely N-dealkylation sites (N-methyl/N-ethyl adjacent to an activating group) is 2. The lowest BCUT2D eigenvalue weighted by atomic mass is 9.78. The van der Waals surface area contributed by atoms with Crippen LogP contribution in [0.25, 0.3) is 0 Å². The molecule has 4 rings (SSSR count). The number of aliphatic hydroxyl groups is 1. The molecule has 0 unspecified atom stereocenters. The highest BCUT2D eigenvalue weighted by Crippen LogP contribution is 2.49. The van der Waals surface area contributed by atoms with E-state index in [0.29, 0.717) is 17.9 Å². The number of esters is 2. The van der Waals surface area contributed by atoms with Crippen LogP contribution in [-0.2, 0) is 44.5 Å². The van der Waals surface area contributed by atoms with Crippen molar-refractivity contribution in [2.45, 2.75) is 95.0 Å². The number of allylic oxidation sites excluding steroid dienone is 3. The second-order valence-electron chi connectivity index (χ2n) is 13.7. The molecule has 1 aromatic rings. The molecule has 8 atom stereocenters. The Morgan fingerprint density at radius 2 is 1.96 bits per heavy atom. The van der Waals surface area contributed by atoms with E-state index in [0.717, 1.165) is 11.1 Å². The molecule has 2 N–H and O–H groups in total. The highest BCUT2D eigenvalue weighted by atomic mass is 35.5. The molecular formula is C36H50ClN3O10. The summed E-state index contributed by atoms with van der Waals surface area (Å²) < 4.78 is 29.3. The first-order valence-corrected chi connectivity index (χ1v) is 17.1. The standard InChI is InChI=1S/C36H50ClN3O10/c1-20-11-10-12-27(47-9)36(45)17-26(48-31(43)18-36)21(2)33-35(4,50-33)28(49-34(44)22(3)39(6)30(42)19-38-5)16-29(41)40(7)24-14-23(13-20)15-25(46-8)32(24)37/h10-12,14-15,21-22,26-28,33,38,45H,13,16-19H2,1-9H3/b12-10+,20-11+/t21-,22+,26+,27-,28+,33+,35+,36-/m1/s1. The molecule has 14 heteroatoms. The van der Waals surface area contributed by atoms with Gasteiger partial charge in [-0.1, -0.05) is 42.3 Å². The van der Waals surface area contributed by atoms with Crippen LogP contribution >= 0.6 is 11.6 Å². The number of anilines is 1. The minimum absolute atomic E-state index is 0.0199. The van der Waals surface area contributed by atoms with Crippen LogP contribution in [0, 0.1) is 5.92 Å². The number of rotatable bonds is 7. The zero-order chi connectivity index (χ0) is 37.1. The number of fused-ring (bicyclic) bond motifs is 5. The molecular weight excluding hydrogens is 670 g/mol. The van der Waals surface area contributed by atoms with Gasteiger partial charge in [-0.15, -0.1) is 0 Å². The first kappa shape index (κ1) is 39.3. The highest BCUT2D eigenvalue weighted by Gasteiger charge is 2.64. The van der Waals surface area contributed by atoms with Crippen molar-refractivity contribution in [2.24, 2.45) is 5.92 Å². The molecule has 0 aliphatic carbocycles. The Morgan fingerprint density at radius 1 is 1.26 bits per heavy atom. The second kappa shape index (κ2) is 15.8. The summed E-state index contributed by atoms with van der Waals surface area (Å²) in [6.07, 6.45) is 2.01. The van der Waals surface area contributed by atoms with Gasteiger partial charge in [-0.25, -0.2) is 4.79 Å². The number of amides is 2. The van der Waals surface area contributed by atoms with E-state index < -0.39 is 65.4 Å². The van der Waals surface area contributed by atoms with Crippen molar-refractivity contribution in [3.63, 3.8) is 0 Å². The maximum atomic E-state index is 14.0. The summed E-state index contributed by atoms with van der Waals surface area (Å²) in [5.41, 5.74) is -0.590. The Kier molecular flexibility index (Phi) is 12.4. The number of epoxide rings is 1. The number of carbonyl (C=O) groups excluding carboxylic acids is 4. The monoisotopic (exact) mass is 719 g/mol. The molecule has 0 saturated carbocycles. The van der Waals surface area contributed by atoms with Crippen molar-refractivity contribution in [3.05, 3.63) is 46.5 Å². The van der Waals surface area contributed by atoms with Crippen LogP contribution in [0.2, 0.25) is 5.02 Å². The van der Waals surface area contributed by atoms with Crippen molar-refractivity contribution in [3.8, 4) is 5.75 Å². The van der Waals surface area contributed by atoms with Gasteiger partial charge in [0.15, 0.2) is 0 Å². The molecule has 13 nitrogen and oxygen atoms in total. The summed E-state index contributed by atoms with van der Waals surface area (Å²) in [6.45, 7) is 7.05. The predicted octanol–water partition coefficient (Wildman–Crippen LogP) is 2.98. The summed E-state index contributed by atoms with van der Waals surface area (Å²) in [5, 5.41) is 14.8. The lowest BCUT2D eigenvalue weighted by Crippen LogP contribution is -2.53. The van der Waals surface area contributed by atoms with Gasteiger partial charge in [0.25, 0.3) is 0 Å². The maximum Gasteiger partial charge on any atom is 0.328 e. The first-order chi connectivity index (χ1) is 23.5. The topological polar surface area (TPSA) is 156 Å². The molecule has 3 aliphatic rings. The third kappa shape index (κ3) is 8.34. The summed E-state index contributed by atoms with van der Waals surface area (Å²) in [4.78, 5) is 55.7. The lowest BCUT2D eigenvalue weighted by molar-refractivity contribution is -0.187. The summed E-state index contributed by atoms with van der Waals surface area (Å²) in [6, 6.07) is 2.63. The van der Waals surface area contributed by atoms with Gasteiger partial charge in [0.1, 0.15) is 46.3 Å². The number of halogens is 1. The van der Waals surface area contributed by atoms with Gasteiger partial charge >= 0.3 is 11.9 Å². The summed E-state index contributed by atoms with van der Waals surface area (Å²) >= 11 is 6.74. The van der Waals surface area contributed by atoms with Crippen molar-refractivity contribution >= 4 is 41.0 Å². The molecule has 2 amide bonds. The third-order valence-electron chi connectivity index (χ3n) is 10.1. The quantitative estimate of drug-likeness (QED) is 0.316. The average molecular weight is 720 g/mol. The minimum Gasteiger partial charge on any atom is -0.495 e. The number of hydrogen-bond donors (Lipinski definition) is 2. The molecule has 1 aromatic carbocycles. The number of ether oxygens (including phenoxy) is 5. The number of carbonyl (C=O) groups is 4. The van der Waals surface area contributed by atoms with Gasteiger partial charge in [-0.05, 0) is 51.9 Å². The average Bonchev–Trinajstić information content (AvgIpc) is 3.76. The molecule has 0 radical (unpaired) electrons. The van der Waals surface area contributed by atoms with Crippen molar-refractivity contribution in [2.75, 3.05) is 46.8 Å². The Balaban J connectivity index is 1.78. The Bertz CT molecular complexity index is 1530. The number of methoxy groups -OCH3 is 2. The fraction of sp³-hybridized carbons (Fsp3) is 0.611. The maximum absolute atomic E-state index is 14.0. The van der Waals surface area contributed by atoms with Gasteiger partial charge in [-0.3, -0.25) is 14.4 Å². The molecule has 0 aromatic heterocycles. The molecule has 4 bridgehead atoms. The van der Waals surface area contributed by atoms with E-state index in [1.54, 1.807) is 52.2 Å². The van der Waals surface area contributed by atoms with Crippen LogP contribution < -0.4 is 15.0 Å². The first-order valence-electron chi connectivity index (χ1n) is 16.7. The van der Waals surface area contributed by atoms with Gasteiger partial charge in [0.2, 0.25) is 11.8 Å². The normalized spacial score (nSPS) is 32.5. The zero-order valence-electron chi connectivity index (χ0n) is 30.3. The van der Waals surface area contributed by atoms with E-state index in [9.17, 15) is 24.3 Å². The van der Waals surface area contributed by atoms with E-state index in [2.05, 4.69) is 5.32 Å². The van der Waals surface area contributed by atoms with Crippen LogP contribution in [0.1, 0.15) is 52.5 Å². The van der Waals surface area contributed by atoms with Crippen molar-refractivity contribution in [1.82, 2.24) is 10.2 Å². The van der Waals surface area contributed by atoms with Gasteiger partial charge in [-0.2, -0.15) is 0 Å². The molecule has 3 heterocycles. The van der Waals surface area contributed by atoms with E-state index in [1.165, 1.54) is 31.1 Å². The Morgan fingerprint density at radius 3 is 2.60 bits per heavy atom. The third-order valence-corrected chi connectivity index (χ3v) is 10.5. The number of nitrogens with zero attached hydrogens (tertiary/aromatic N) is 2. The molecule has 0 spiro atoms. The van der Waals surface area contributed by atoms with E-state index >= 15 is 0 Å². The number of benzene rings is 1. The van der Waals surface area contributed by atoms with Crippen LogP contribution in [-0.4, -0.2) is 117 Å². The van der Waals surface area contributed by atoms with Gasteiger partial charge < -0.3 is 43.9 Å². The van der Waals surface area contributed by atoms with Gasteiger partial charge in [0, 0.05) is 33.5 Å². The van der Waals surface area contributed by atoms with E-state index in [-0.39, 0.29) is 36.7 Å². The summed E-state index contributed by atoms with van der Waals surface area (Å²) in [5.74, 6) is -2.16. The van der Waals surface area contributed by atoms with Crippen LogP contribution in [0.3, 0.4) is 0 Å². The van der Waals surface area contributed by atoms with Crippen molar-refractivity contribution < 1.29 is 48.0 Å². The zero-order valence-corrected chi connectivity index (χ0v) is 31.0. The van der Waals surface area contributed by atoms with Crippen LogP contribution in [0.5, 0.6) is 5.75 Å². The SMILES string of the molecule is CNCC(=O)N(C)[C@@H](C)C(=O)O[C@H]1CC(=O)N(C)c2cc(cc(OC)c2Cl)C/C(C)=C/C=C/[C@@H](OC)[C@]2(O)CC(=O)O[C@@H](C2)[C@@H](C)[C@@H]2O[C@@]12C.